The Bertz CT molecular complexity index is 590. The molecule has 0 unspecified atom stereocenters. The molecule has 0 aliphatic carbocycles. The predicted molar refractivity (Wildman–Crippen MR) is 73.6 cm³/mol. The van der Waals surface area contributed by atoms with Crippen LogP contribution in [0.5, 0.6) is 0 Å². The summed E-state index contributed by atoms with van der Waals surface area (Å²) < 4.78 is 0. The van der Waals surface area contributed by atoms with E-state index in [1.807, 2.05) is 31.2 Å². The van der Waals surface area contributed by atoms with Crippen LogP contribution in [-0.4, -0.2) is 30.3 Å². The molecule has 0 N–H and O–H groups in total. The first-order valence-corrected chi connectivity index (χ1v) is 6.14. The van der Waals surface area contributed by atoms with Crippen molar-refractivity contribution in [3.8, 4) is 0 Å². The molecule has 1 aromatic carbocycles. The van der Waals surface area contributed by atoms with E-state index in [0.29, 0.717) is 11.4 Å². The predicted octanol–water partition coefficient (Wildman–Crippen LogP) is 0.154. The minimum Gasteiger partial charge on any atom is -0.548 e. The summed E-state index contributed by atoms with van der Waals surface area (Å²) in [6.45, 7) is 3.21. The summed E-state index contributed by atoms with van der Waals surface area (Å²) in [5.74, 6) is -2.14. The van der Waals surface area contributed by atoms with E-state index in [0.717, 1.165) is 5.56 Å². The molecule has 1 atom stereocenters. The molecule has 20 heavy (non-hydrogen) atoms. The highest BCUT2D eigenvalue weighted by atomic mass is 16.4. The van der Waals surface area contributed by atoms with Gasteiger partial charge in [0.25, 0.3) is 5.91 Å². The highest BCUT2D eigenvalue weighted by Gasteiger charge is 2.32. The van der Waals surface area contributed by atoms with Gasteiger partial charge in [-0.15, -0.1) is 0 Å². The SMILES string of the molecule is CC1=NN(c2ccc(C)cc2)C(=O)[C@H]1C=NCC(=O)[O-]. The molecule has 6 nitrogen and oxygen atoms in total. The van der Waals surface area contributed by atoms with Crippen molar-refractivity contribution in [2.75, 3.05) is 11.6 Å². The lowest BCUT2D eigenvalue weighted by atomic mass is 10.1. The van der Waals surface area contributed by atoms with Crippen LogP contribution in [0.15, 0.2) is 34.4 Å². The van der Waals surface area contributed by atoms with E-state index in [9.17, 15) is 14.7 Å². The van der Waals surface area contributed by atoms with Gasteiger partial charge in [0.2, 0.25) is 0 Å². The normalized spacial score (nSPS) is 18.7. The average molecular weight is 272 g/mol. The topological polar surface area (TPSA) is 85.2 Å². The van der Waals surface area contributed by atoms with Gasteiger partial charge in [-0.2, -0.15) is 10.1 Å². The number of nitrogens with zero attached hydrogens (tertiary/aromatic N) is 3. The Morgan fingerprint density at radius 2 is 2.05 bits per heavy atom. The number of rotatable bonds is 4. The smallest absolute Gasteiger partial charge is 0.261 e. The zero-order chi connectivity index (χ0) is 14.7. The summed E-state index contributed by atoms with van der Waals surface area (Å²) in [5.41, 5.74) is 2.35. The van der Waals surface area contributed by atoms with Gasteiger partial charge in [-0.05, 0) is 26.0 Å². The molecule has 0 spiro atoms. The van der Waals surface area contributed by atoms with Crippen molar-refractivity contribution in [3.05, 3.63) is 29.8 Å². The molecule has 2 rings (SSSR count). The molecule has 1 aromatic rings. The molecule has 0 radical (unpaired) electrons. The maximum absolute atomic E-state index is 12.2. The van der Waals surface area contributed by atoms with Crippen LogP contribution in [0.25, 0.3) is 0 Å². The molecule has 1 aliphatic heterocycles. The maximum atomic E-state index is 12.2. The van der Waals surface area contributed by atoms with Gasteiger partial charge in [-0.1, -0.05) is 17.7 Å². The van der Waals surface area contributed by atoms with Gasteiger partial charge < -0.3 is 9.90 Å². The van der Waals surface area contributed by atoms with E-state index < -0.39 is 18.4 Å². The minimum atomic E-state index is -1.28. The van der Waals surface area contributed by atoms with Crippen molar-refractivity contribution < 1.29 is 14.7 Å². The zero-order valence-electron chi connectivity index (χ0n) is 11.2. The molecule has 1 heterocycles. The molecule has 0 bridgehead atoms. The number of carboxylic acids is 1. The molecule has 0 saturated carbocycles. The molecule has 0 saturated heterocycles. The third-order valence-corrected chi connectivity index (χ3v) is 2.94. The Morgan fingerprint density at radius 1 is 1.40 bits per heavy atom. The lowest BCUT2D eigenvalue weighted by Gasteiger charge is -2.12. The number of carbonyl (C=O) groups is 2. The summed E-state index contributed by atoms with van der Waals surface area (Å²) in [6, 6.07) is 7.41. The Balaban J connectivity index is 2.16. The van der Waals surface area contributed by atoms with Crippen LogP contribution in [-0.2, 0) is 9.59 Å². The summed E-state index contributed by atoms with van der Waals surface area (Å²) in [5, 5.41) is 15.8. The monoisotopic (exact) mass is 272 g/mol. The number of anilines is 1. The van der Waals surface area contributed by atoms with Crippen LogP contribution in [0.2, 0.25) is 0 Å². The third-order valence-electron chi connectivity index (χ3n) is 2.94. The quantitative estimate of drug-likeness (QED) is 0.731. The second kappa shape index (κ2) is 5.64. The van der Waals surface area contributed by atoms with E-state index in [1.165, 1.54) is 11.2 Å². The molecule has 6 heteroatoms. The number of aliphatic carboxylic acids is 1. The van der Waals surface area contributed by atoms with Crippen LogP contribution < -0.4 is 10.1 Å². The van der Waals surface area contributed by atoms with Crippen molar-refractivity contribution in [1.82, 2.24) is 0 Å². The number of hydrazone groups is 1. The number of hydrogen-bond acceptors (Lipinski definition) is 5. The molecule has 1 aliphatic rings. The minimum absolute atomic E-state index is 0.242. The standard InChI is InChI=1S/C14H15N3O3/c1-9-3-5-11(6-4-9)17-14(20)12(10(2)16-17)7-15-8-13(18)19/h3-7,12H,8H2,1-2H3,(H,18,19)/p-1/t12-/m0/s1. The number of benzene rings is 1. The van der Waals surface area contributed by atoms with E-state index >= 15 is 0 Å². The molecule has 104 valence electrons. The van der Waals surface area contributed by atoms with Gasteiger partial charge in [-0.3, -0.25) is 9.79 Å². The second-order valence-electron chi connectivity index (χ2n) is 4.57. The summed E-state index contributed by atoms with van der Waals surface area (Å²) in [7, 11) is 0. The number of carbonyl (C=O) groups excluding carboxylic acids is 2. The lowest BCUT2D eigenvalue weighted by Crippen LogP contribution is -2.29. The van der Waals surface area contributed by atoms with Gasteiger partial charge in [-0.25, -0.2) is 0 Å². The Morgan fingerprint density at radius 3 is 2.65 bits per heavy atom. The summed E-state index contributed by atoms with van der Waals surface area (Å²) in [6.07, 6.45) is 1.31. The van der Waals surface area contributed by atoms with Crippen molar-refractivity contribution in [2.45, 2.75) is 13.8 Å². The van der Waals surface area contributed by atoms with Gasteiger partial charge >= 0.3 is 0 Å². The fraction of sp³-hybridized carbons (Fsp3) is 0.286. The molecular formula is C14H14N3O3-. The number of carboxylic acid groups (broad SMARTS) is 1. The van der Waals surface area contributed by atoms with Crippen LogP contribution >= 0.6 is 0 Å². The highest BCUT2D eigenvalue weighted by Crippen LogP contribution is 2.23. The van der Waals surface area contributed by atoms with E-state index in [4.69, 9.17) is 0 Å². The first-order valence-electron chi connectivity index (χ1n) is 6.14. The first-order chi connectivity index (χ1) is 9.49. The fourth-order valence-corrected chi connectivity index (χ4v) is 1.85. The van der Waals surface area contributed by atoms with E-state index in [1.54, 1.807) is 6.92 Å². The average Bonchev–Trinajstić information content (AvgIpc) is 2.67. The van der Waals surface area contributed by atoms with Gasteiger partial charge in [0.15, 0.2) is 0 Å². The van der Waals surface area contributed by atoms with Gasteiger partial charge in [0, 0.05) is 6.21 Å². The Kier molecular flexibility index (Phi) is 3.93. The largest absolute Gasteiger partial charge is 0.548 e. The van der Waals surface area contributed by atoms with E-state index in [-0.39, 0.29) is 5.91 Å². The van der Waals surface area contributed by atoms with Crippen molar-refractivity contribution in [3.63, 3.8) is 0 Å². The zero-order valence-corrected chi connectivity index (χ0v) is 11.2. The molecular weight excluding hydrogens is 258 g/mol. The van der Waals surface area contributed by atoms with Crippen molar-refractivity contribution in [2.24, 2.45) is 16.0 Å². The van der Waals surface area contributed by atoms with Crippen LogP contribution in [0.4, 0.5) is 5.69 Å². The number of amides is 1. The number of hydrogen-bond donors (Lipinski definition) is 0. The third kappa shape index (κ3) is 2.90. The summed E-state index contributed by atoms with van der Waals surface area (Å²) >= 11 is 0. The van der Waals surface area contributed by atoms with Crippen molar-refractivity contribution >= 4 is 29.5 Å². The summed E-state index contributed by atoms with van der Waals surface area (Å²) in [4.78, 5) is 26.2. The number of aliphatic imine (C=N–C) groups is 1. The maximum Gasteiger partial charge on any atom is 0.261 e. The Hall–Kier alpha value is -2.50. The van der Waals surface area contributed by atoms with Gasteiger partial charge in [0.05, 0.1) is 23.9 Å². The van der Waals surface area contributed by atoms with E-state index in [2.05, 4.69) is 10.1 Å². The van der Waals surface area contributed by atoms with Crippen molar-refractivity contribution in [1.29, 1.82) is 0 Å². The second-order valence-corrected chi connectivity index (χ2v) is 4.57. The lowest BCUT2D eigenvalue weighted by molar-refractivity contribution is -0.303. The van der Waals surface area contributed by atoms with Crippen LogP contribution in [0.3, 0.4) is 0 Å². The number of aryl methyl sites for hydroxylation is 1. The fourth-order valence-electron chi connectivity index (χ4n) is 1.85. The van der Waals surface area contributed by atoms with Gasteiger partial charge in [0.1, 0.15) is 5.92 Å². The molecule has 0 aromatic heterocycles. The first kappa shape index (κ1) is 13.9. The van der Waals surface area contributed by atoms with Crippen LogP contribution in [0.1, 0.15) is 12.5 Å². The van der Waals surface area contributed by atoms with Crippen LogP contribution in [0, 0.1) is 12.8 Å². The Labute approximate surface area is 116 Å². The highest BCUT2D eigenvalue weighted by molar-refractivity contribution is 6.23. The molecule has 0 fully saturated rings. The molecule has 1 amide bonds.